The Morgan fingerprint density at radius 2 is 1.70 bits per heavy atom. The van der Waals surface area contributed by atoms with E-state index in [2.05, 4.69) is 10.2 Å². The molecule has 0 bridgehead atoms. The number of ether oxygens (including phenoxy) is 2. The molecule has 0 radical (unpaired) electrons. The van der Waals surface area contributed by atoms with Gasteiger partial charge in [0.2, 0.25) is 5.91 Å². The van der Waals surface area contributed by atoms with Crippen LogP contribution < -0.4 is 10.1 Å². The number of amides is 1. The maximum atomic E-state index is 13.5. The van der Waals surface area contributed by atoms with E-state index in [0.29, 0.717) is 42.7 Å². The molecule has 0 unspecified atom stereocenters. The van der Waals surface area contributed by atoms with Gasteiger partial charge in [0.1, 0.15) is 12.4 Å². The lowest BCUT2D eigenvalue weighted by Crippen LogP contribution is -2.45. The van der Waals surface area contributed by atoms with Gasteiger partial charge in [-0.2, -0.15) is 0 Å². The SMILES string of the molecule is O=C(Nc1ccc(OCCN2CCCCCC2)cc1)C1(c2ccc(Cl)cc2Cl)CCOCC1. The first-order valence-corrected chi connectivity index (χ1v) is 12.6. The molecule has 2 aliphatic heterocycles. The Bertz CT molecular complexity index is 922. The van der Waals surface area contributed by atoms with Crippen molar-refractivity contribution in [3.63, 3.8) is 0 Å². The standard InChI is InChI=1S/C26H32Cl2N2O3/c27-20-5-10-23(24(28)19-20)26(11-16-32-17-12-26)25(31)29-21-6-8-22(9-7-21)33-18-15-30-13-3-1-2-4-14-30/h5-10,19H,1-4,11-18H2,(H,29,31). The fourth-order valence-corrected chi connectivity index (χ4v) is 5.34. The first kappa shape index (κ1) is 24.3. The molecule has 2 aromatic carbocycles. The van der Waals surface area contributed by atoms with Crippen LogP contribution in [0.15, 0.2) is 42.5 Å². The Labute approximate surface area is 206 Å². The maximum absolute atomic E-state index is 13.5. The predicted molar refractivity (Wildman–Crippen MR) is 134 cm³/mol. The summed E-state index contributed by atoms with van der Waals surface area (Å²) in [7, 11) is 0. The normalized spacial score (nSPS) is 19.0. The molecule has 2 fully saturated rings. The molecule has 0 aromatic heterocycles. The summed E-state index contributed by atoms with van der Waals surface area (Å²) in [5.74, 6) is 0.731. The zero-order valence-corrected chi connectivity index (χ0v) is 20.5. The number of likely N-dealkylation sites (tertiary alicyclic amines) is 1. The van der Waals surface area contributed by atoms with E-state index in [1.165, 1.54) is 38.8 Å². The molecular weight excluding hydrogens is 459 g/mol. The highest BCUT2D eigenvalue weighted by Gasteiger charge is 2.43. The number of halogens is 2. The number of nitrogens with one attached hydrogen (secondary N) is 1. The van der Waals surface area contributed by atoms with Crippen molar-refractivity contribution < 1.29 is 14.3 Å². The van der Waals surface area contributed by atoms with Gasteiger partial charge in [-0.3, -0.25) is 9.69 Å². The summed E-state index contributed by atoms with van der Waals surface area (Å²) in [5.41, 5.74) is 0.779. The van der Waals surface area contributed by atoms with E-state index in [9.17, 15) is 4.79 Å². The molecule has 2 aromatic rings. The van der Waals surface area contributed by atoms with Crippen molar-refractivity contribution in [3.8, 4) is 5.75 Å². The van der Waals surface area contributed by atoms with Crippen LogP contribution in [0.4, 0.5) is 5.69 Å². The van der Waals surface area contributed by atoms with Gasteiger partial charge < -0.3 is 14.8 Å². The molecule has 1 N–H and O–H groups in total. The number of hydrogen-bond donors (Lipinski definition) is 1. The van der Waals surface area contributed by atoms with Crippen molar-refractivity contribution in [1.82, 2.24) is 4.90 Å². The minimum atomic E-state index is -0.748. The van der Waals surface area contributed by atoms with Crippen molar-refractivity contribution >= 4 is 34.8 Å². The second kappa shape index (κ2) is 11.6. The van der Waals surface area contributed by atoms with Gasteiger partial charge in [0, 0.05) is 35.5 Å². The van der Waals surface area contributed by atoms with Crippen molar-refractivity contribution in [2.75, 3.05) is 44.8 Å². The van der Waals surface area contributed by atoms with Crippen LogP contribution in [-0.2, 0) is 14.9 Å². The van der Waals surface area contributed by atoms with Crippen LogP contribution in [-0.4, -0.2) is 50.3 Å². The number of carbonyl (C=O) groups excluding carboxylic acids is 1. The van der Waals surface area contributed by atoms with E-state index in [4.69, 9.17) is 32.7 Å². The van der Waals surface area contributed by atoms with Crippen molar-refractivity contribution in [2.45, 2.75) is 43.9 Å². The molecule has 2 heterocycles. The number of anilines is 1. The quantitative estimate of drug-likeness (QED) is 0.521. The molecule has 0 aliphatic carbocycles. The Balaban J connectivity index is 1.38. The lowest BCUT2D eigenvalue weighted by molar-refractivity contribution is -0.125. The minimum absolute atomic E-state index is 0.0788. The molecule has 5 nitrogen and oxygen atoms in total. The van der Waals surface area contributed by atoms with Gasteiger partial charge in [0.15, 0.2) is 0 Å². The molecule has 33 heavy (non-hydrogen) atoms. The molecule has 0 spiro atoms. The van der Waals surface area contributed by atoms with E-state index in [1.807, 2.05) is 30.3 Å². The molecule has 4 rings (SSSR count). The topological polar surface area (TPSA) is 50.8 Å². The molecule has 0 saturated carbocycles. The average molecular weight is 491 g/mol. The second-order valence-electron chi connectivity index (χ2n) is 8.90. The van der Waals surface area contributed by atoms with Gasteiger partial charge in [-0.15, -0.1) is 0 Å². The highest BCUT2D eigenvalue weighted by molar-refractivity contribution is 6.35. The van der Waals surface area contributed by atoms with Crippen LogP contribution in [0.1, 0.15) is 44.1 Å². The third kappa shape index (κ3) is 6.21. The molecular formula is C26H32Cl2N2O3. The molecule has 7 heteroatoms. The van der Waals surface area contributed by atoms with Crippen LogP contribution >= 0.6 is 23.2 Å². The van der Waals surface area contributed by atoms with Gasteiger partial charge >= 0.3 is 0 Å². The van der Waals surface area contributed by atoms with E-state index in [1.54, 1.807) is 12.1 Å². The Morgan fingerprint density at radius 1 is 1.00 bits per heavy atom. The van der Waals surface area contributed by atoms with Gasteiger partial charge in [0.05, 0.1) is 5.41 Å². The number of rotatable bonds is 7. The molecule has 2 aliphatic rings. The fourth-order valence-electron chi connectivity index (χ4n) is 4.75. The predicted octanol–water partition coefficient (Wildman–Crippen LogP) is 5.94. The molecule has 0 atom stereocenters. The van der Waals surface area contributed by atoms with E-state index in [0.717, 1.165) is 23.5 Å². The second-order valence-corrected chi connectivity index (χ2v) is 9.75. The Hall–Kier alpha value is -1.79. The van der Waals surface area contributed by atoms with Gasteiger partial charge in [-0.25, -0.2) is 0 Å². The van der Waals surface area contributed by atoms with Gasteiger partial charge in [-0.05, 0) is 80.7 Å². The fraction of sp³-hybridized carbons (Fsp3) is 0.500. The summed E-state index contributed by atoms with van der Waals surface area (Å²) in [6.07, 6.45) is 6.37. The summed E-state index contributed by atoms with van der Waals surface area (Å²) in [5, 5.41) is 4.15. The Morgan fingerprint density at radius 3 is 2.36 bits per heavy atom. The first-order valence-electron chi connectivity index (χ1n) is 11.9. The summed E-state index contributed by atoms with van der Waals surface area (Å²) in [6, 6.07) is 12.9. The third-order valence-corrected chi connectivity index (χ3v) is 7.26. The monoisotopic (exact) mass is 490 g/mol. The highest BCUT2D eigenvalue weighted by Crippen LogP contribution is 2.40. The molecule has 2 saturated heterocycles. The lowest BCUT2D eigenvalue weighted by Gasteiger charge is -2.36. The summed E-state index contributed by atoms with van der Waals surface area (Å²) < 4.78 is 11.5. The van der Waals surface area contributed by atoms with Crippen LogP contribution in [0.5, 0.6) is 5.75 Å². The number of carbonyl (C=O) groups is 1. The molecule has 1 amide bonds. The summed E-state index contributed by atoms with van der Waals surface area (Å²) >= 11 is 12.6. The Kier molecular flexibility index (Phi) is 8.53. The molecule has 178 valence electrons. The van der Waals surface area contributed by atoms with Crippen molar-refractivity contribution in [1.29, 1.82) is 0 Å². The van der Waals surface area contributed by atoms with Gasteiger partial charge in [0.25, 0.3) is 0 Å². The first-order chi connectivity index (χ1) is 16.1. The van der Waals surface area contributed by atoms with E-state index >= 15 is 0 Å². The third-order valence-electron chi connectivity index (χ3n) is 6.71. The maximum Gasteiger partial charge on any atom is 0.235 e. The van der Waals surface area contributed by atoms with Crippen LogP contribution in [0.25, 0.3) is 0 Å². The lowest BCUT2D eigenvalue weighted by atomic mass is 9.73. The average Bonchev–Trinajstić information content (AvgIpc) is 3.09. The zero-order chi connectivity index (χ0) is 23.1. The van der Waals surface area contributed by atoms with Crippen LogP contribution in [0, 0.1) is 0 Å². The largest absolute Gasteiger partial charge is 0.492 e. The summed E-state index contributed by atoms with van der Waals surface area (Å²) in [6.45, 7) is 4.97. The van der Waals surface area contributed by atoms with E-state index < -0.39 is 5.41 Å². The smallest absolute Gasteiger partial charge is 0.235 e. The van der Waals surface area contributed by atoms with E-state index in [-0.39, 0.29) is 5.91 Å². The number of hydrogen-bond acceptors (Lipinski definition) is 4. The zero-order valence-electron chi connectivity index (χ0n) is 19.0. The van der Waals surface area contributed by atoms with Crippen LogP contribution in [0.3, 0.4) is 0 Å². The highest BCUT2D eigenvalue weighted by atomic mass is 35.5. The minimum Gasteiger partial charge on any atom is -0.492 e. The van der Waals surface area contributed by atoms with Gasteiger partial charge in [-0.1, -0.05) is 42.1 Å². The van der Waals surface area contributed by atoms with Crippen molar-refractivity contribution in [2.24, 2.45) is 0 Å². The summed E-state index contributed by atoms with van der Waals surface area (Å²) in [4.78, 5) is 16.0. The van der Waals surface area contributed by atoms with Crippen LogP contribution in [0.2, 0.25) is 10.0 Å². The number of benzene rings is 2. The van der Waals surface area contributed by atoms with Crippen molar-refractivity contribution in [3.05, 3.63) is 58.1 Å². The number of nitrogens with zero attached hydrogens (tertiary/aromatic N) is 1.